The Kier molecular flexibility index (Phi) is 3.20. The fourth-order valence-electron chi connectivity index (χ4n) is 2.99. The van der Waals surface area contributed by atoms with Gasteiger partial charge in [-0.3, -0.25) is 9.59 Å². The predicted octanol–water partition coefficient (Wildman–Crippen LogP) is 2.22. The molecule has 1 saturated heterocycles. The second kappa shape index (κ2) is 4.91. The van der Waals surface area contributed by atoms with E-state index in [-0.39, 0.29) is 5.56 Å². The first kappa shape index (κ1) is 13.7. The molecule has 0 aliphatic carbocycles. The van der Waals surface area contributed by atoms with Crippen LogP contribution in [0.15, 0.2) is 35.1 Å². The van der Waals surface area contributed by atoms with Crippen LogP contribution in [0, 0.1) is 5.41 Å². The Labute approximate surface area is 122 Å². The fraction of sp³-hybridized carbons (Fsp3) is 0.375. The van der Waals surface area contributed by atoms with Crippen LogP contribution in [-0.4, -0.2) is 29.1 Å². The molecule has 0 saturated carbocycles. The van der Waals surface area contributed by atoms with Crippen LogP contribution in [0.3, 0.4) is 0 Å². The van der Waals surface area contributed by atoms with Crippen molar-refractivity contribution in [1.29, 1.82) is 0 Å². The topological polar surface area (TPSA) is 73.4 Å². The quantitative estimate of drug-likeness (QED) is 0.887. The lowest BCUT2D eigenvalue weighted by atomic mass is 9.82. The van der Waals surface area contributed by atoms with Gasteiger partial charge in [-0.2, -0.15) is 0 Å². The van der Waals surface area contributed by atoms with Crippen molar-refractivity contribution in [3.05, 3.63) is 40.7 Å². The number of benzene rings is 1. The maximum atomic E-state index is 12.1. The number of aliphatic carboxylic acids is 1. The molecule has 0 radical (unpaired) electrons. The van der Waals surface area contributed by atoms with Gasteiger partial charge >= 0.3 is 5.97 Å². The van der Waals surface area contributed by atoms with E-state index in [1.165, 1.54) is 0 Å². The zero-order valence-corrected chi connectivity index (χ0v) is 11.9. The number of hydrogen-bond acceptors (Lipinski definition) is 3. The highest BCUT2D eigenvalue weighted by Gasteiger charge is 2.38. The average Bonchev–Trinajstić information content (AvgIpc) is 2.47. The maximum Gasteiger partial charge on any atom is 0.311 e. The van der Waals surface area contributed by atoms with Crippen molar-refractivity contribution in [2.75, 3.05) is 18.0 Å². The molecule has 1 unspecified atom stereocenters. The van der Waals surface area contributed by atoms with Crippen molar-refractivity contribution in [2.24, 2.45) is 5.41 Å². The molecule has 0 amide bonds. The van der Waals surface area contributed by atoms with E-state index in [4.69, 9.17) is 0 Å². The van der Waals surface area contributed by atoms with Crippen LogP contribution in [0.5, 0.6) is 0 Å². The first-order valence-electron chi connectivity index (χ1n) is 7.10. The number of carboxylic acids is 1. The molecule has 2 N–H and O–H groups in total. The second-order valence-electron chi connectivity index (χ2n) is 5.96. The van der Waals surface area contributed by atoms with Crippen LogP contribution in [0.1, 0.15) is 19.8 Å². The number of fused-ring (bicyclic) bond motifs is 1. The summed E-state index contributed by atoms with van der Waals surface area (Å²) < 4.78 is 0. The van der Waals surface area contributed by atoms with E-state index in [2.05, 4.69) is 4.98 Å². The van der Waals surface area contributed by atoms with E-state index in [1.54, 1.807) is 13.0 Å². The van der Waals surface area contributed by atoms with Gasteiger partial charge in [-0.25, -0.2) is 0 Å². The normalized spacial score (nSPS) is 22.4. The van der Waals surface area contributed by atoms with Crippen LogP contribution < -0.4 is 10.5 Å². The zero-order chi connectivity index (χ0) is 15.0. The highest BCUT2D eigenvalue weighted by Crippen LogP contribution is 2.32. The Morgan fingerprint density at radius 1 is 1.38 bits per heavy atom. The molecule has 2 aromatic rings. The van der Waals surface area contributed by atoms with Crippen molar-refractivity contribution in [2.45, 2.75) is 19.8 Å². The van der Waals surface area contributed by atoms with Gasteiger partial charge in [0, 0.05) is 18.5 Å². The van der Waals surface area contributed by atoms with Gasteiger partial charge < -0.3 is 15.0 Å². The zero-order valence-electron chi connectivity index (χ0n) is 11.9. The molecule has 0 bridgehead atoms. The van der Waals surface area contributed by atoms with Crippen LogP contribution in [0.2, 0.25) is 0 Å². The molecule has 2 heterocycles. The molecule has 1 atom stereocenters. The number of H-pyrrole nitrogens is 1. The Morgan fingerprint density at radius 2 is 2.14 bits per heavy atom. The third kappa shape index (κ3) is 2.39. The first-order valence-corrected chi connectivity index (χ1v) is 7.10. The minimum Gasteiger partial charge on any atom is -0.481 e. The summed E-state index contributed by atoms with van der Waals surface area (Å²) in [4.78, 5) is 28.4. The SMILES string of the molecule is CC1(C(=O)O)CCCN(c2cc3ccccc3c(=O)[nH]2)C1. The number of aromatic nitrogens is 1. The summed E-state index contributed by atoms with van der Waals surface area (Å²) in [5, 5.41) is 10.9. The number of anilines is 1. The molecule has 5 nitrogen and oxygen atoms in total. The second-order valence-corrected chi connectivity index (χ2v) is 5.96. The molecule has 3 rings (SSSR count). The molecule has 21 heavy (non-hydrogen) atoms. The Morgan fingerprint density at radius 3 is 2.90 bits per heavy atom. The number of nitrogens with zero attached hydrogens (tertiary/aromatic N) is 1. The van der Waals surface area contributed by atoms with Crippen molar-refractivity contribution in [3.8, 4) is 0 Å². The van der Waals surface area contributed by atoms with Gasteiger partial charge in [0.05, 0.1) is 5.41 Å². The number of carboxylic acid groups (broad SMARTS) is 1. The molecule has 1 fully saturated rings. The number of pyridine rings is 1. The highest BCUT2D eigenvalue weighted by atomic mass is 16.4. The molecule has 1 aliphatic rings. The van der Waals surface area contributed by atoms with E-state index < -0.39 is 11.4 Å². The van der Waals surface area contributed by atoms with Crippen LogP contribution >= 0.6 is 0 Å². The summed E-state index contributed by atoms with van der Waals surface area (Å²) in [5.74, 6) is -0.0822. The van der Waals surface area contributed by atoms with E-state index in [0.717, 1.165) is 18.4 Å². The number of nitrogens with one attached hydrogen (secondary N) is 1. The number of rotatable bonds is 2. The summed E-state index contributed by atoms with van der Waals surface area (Å²) in [5.41, 5.74) is -0.897. The summed E-state index contributed by atoms with van der Waals surface area (Å²) in [6, 6.07) is 9.33. The van der Waals surface area contributed by atoms with E-state index in [0.29, 0.717) is 24.2 Å². The van der Waals surface area contributed by atoms with Gasteiger partial charge in [0.15, 0.2) is 0 Å². The summed E-state index contributed by atoms with van der Waals surface area (Å²) >= 11 is 0. The lowest BCUT2D eigenvalue weighted by Gasteiger charge is -2.38. The summed E-state index contributed by atoms with van der Waals surface area (Å²) in [7, 11) is 0. The highest BCUT2D eigenvalue weighted by molar-refractivity contribution is 5.84. The average molecular weight is 286 g/mol. The molecule has 110 valence electrons. The molecule has 1 aromatic carbocycles. The van der Waals surface area contributed by atoms with Gasteiger partial charge in [-0.05, 0) is 37.3 Å². The van der Waals surface area contributed by atoms with Crippen molar-refractivity contribution in [1.82, 2.24) is 4.98 Å². The minimum atomic E-state index is -0.782. The Balaban J connectivity index is 2.00. The van der Waals surface area contributed by atoms with Gasteiger partial charge in [0.2, 0.25) is 0 Å². The van der Waals surface area contributed by atoms with Crippen LogP contribution in [-0.2, 0) is 4.79 Å². The minimum absolute atomic E-state index is 0.134. The third-order valence-corrected chi connectivity index (χ3v) is 4.29. The largest absolute Gasteiger partial charge is 0.481 e. The summed E-state index contributed by atoms with van der Waals surface area (Å²) in [6.45, 7) is 2.94. The van der Waals surface area contributed by atoms with E-state index in [9.17, 15) is 14.7 Å². The van der Waals surface area contributed by atoms with Crippen LogP contribution in [0.4, 0.5) is 5.82 Å². The Bertz CT molecular complexity index is 753. The molecular formula is C16H18N2O3. The van der Waals surface area contributed by atoms with E-state index in [1.807, 2.05) is 29.2 Å². The standard InChI is InChI=1S/C16H18N2O3/c1-16(15(20)21)7-4-8-18(10-16)13-9-11-5-2-3-6-12(11)14(19)17-13/h2-3,5-6,9H,4,7-8,10H2,1H3,(H,17,19)(H,20,21). The van der Waals surface area contributed by atoms with Gasteiger partial charge in [0.1, 0.15) is 5.82 Å². The molecular weight excluding hydrogens is 268 g/mol. The van der Waals surface area contributed by atoms with Crippen molar-refractivity contribution in [3.63, 3.8) is 0 Å². The fourth-order valence-corrected chi connectivity index (χ4v) is 2.99. The maximum absolute atomic E-state index is 12.1. The molecule has 5 heteroatoms. The summed E-state index contributed by atoms with van der Waals surface area (Å²) in [6.07, 6.45) is 1.47. The molecule has 1 aliphatic heterocycles. The third-order valence-electron chi connectivity index (χ3n) is 4.29. The molecule has 1 aromatic heterocycles. The van der Waals surface area contributed by atoms with E-state index >= 15 is 0 Å². The van der Waals surface area contributed by atoms with Gasteiger partial charge in [-0.15, -0.1) is 0 Å². The monoisotopic (exact) mass is 286 g/mol. The lowest BCUT2D eigenvalue weighted by Crippen LogP contribution is -2.46. The first-order chi connectivity index (χ1) is 9.99. The lowest BCUT2D eigenvalue weighted by molar-refractivity contribution is -0.148. The Hall–Kier alpha value is -2.30. The van der Waals surface area contributed by atoms with Gasteiger partial charge in [0.25, 0.3) is 5.56 Å². The smallest absolute Gasteiger partial charge is 0.311 e. The number of aromatic amines is 1. The molecule has 0 spiro atoms. The van der Waals surface area contributed by atoms with Crippen LogP contribution in [0.25, 0.3) is 10.8 Å². The van der Waals surface area contributed by atoms with Crippen molar-refractivity contribution >= 4 is 22.6 Å². The number of piperidine rings is 1. The van der Waals surface area contributed by atoms with Gasteiger partial charge in [-0.1, -0.05) is 18.2 Å². The number of carbonyl (C=O) groups is 1. The van der Waals surface area contributed by atoms with Crippen molar-refractivity contribution < 1.29 is 9.90 Å². The number of hydrogen-bond donors (Lipinski definition) is 2. The predicted molar refractivity (Wildman–Crippen MR) is 81.8 cm³/mol.